The Hall–Kier alpha value is -2.62. The van der Waals surface area contributed by atoms with E-state index in [1.54, 1.807) is 24.3 Å². The van der Waals surface area contributed by atoms with Gasteiger partial charge in [0.15, 0.2) is 0 Å². The fourth-order valence-corrected chi connectivity index (χ4v) is 2.16. The first-order chi connectivity index (χ1) is 10.6. The zero-order valence-electron chi connectivity index (χ0n) is 12.8. The van der Waals surface area contributed by atoms with Crippen molar-refractivity contribution in [2.45, 2.75) is 19.8 Å². The lowest BCUT2D eigenvalue weighted by Crippen LogP contribution is -2.27. The van der Waals surface area contributed by atoms with Gasteiger partial charge < -0.3 is 10.6 Å². The van der Waals surface area contributed by atoms with Crippen molar-refractivity contribution in [3.05, 3.63) is 65.7 Å². The van der Waals surface area contributed by atoms with E-state index in [0.29, 0.717) is 17.8 Å². The highest BCUT2D eigenvalue weighted by Gasteiger charge is 2.09. The van der Waals surface area contributed by atoms with Crippen molar-refractivity contribution in [1.29, 1.82) is 0 Å². The van der Waals surface area contributed by atoms with Crippen LogP contribution in [-0.2, 0) is 4.79 Å². The van der Waals surface area contributed by atoms with Crippen molar-refractivity contribution in [2.75, 3.05) is 11.9 Å². The number of benzene rings is 2. The van der Waals surface area contributed by atoms with Crippen LogP contribution < -0.4 is 10.6 Å². The van der Waals surface area contributed by atoms with E-state index in [1.165, 1.54) is 12.5 Å². The summed E-state index contributed by atoms with van der Waals surface area (Å²) < 4.78 is 0. The molecule has 0 saturated heterocycles. The van der Waals surface area contributed by atoms with Gasteiger partial charge >= 0.3 is 0 Å². The van der Waals surface area contributed by atoms with Gasteiger partial charge in [0.05, 0.1) is 0 Å². The summed E-state index contributed by atoms with van der Waals surface area (Å²) >= 11 is 0. The van der Waals surface area contributed by atoms with E-state index in [4.69, 9.17) is 0 Å². The molecule has 2 amide bonds. The summed E-state index contributed by atoms with van der Waals surface area (Å²) in [6.45, 7) is 4.11. The monoisotopic (exact) mass is 296 g/mol. The second-order valence-corrected chi connectivity index (χ2v) is 5.28. The minimum atomic E-state index is -0.131. The molecule has 0 aliphatic rings. The lowest BCUT2D eigenvalue weighted by Gasteiger charge is -2.13. The van der Waals surface area contributed by atoms with E-state index in [-0.39, 0.29) is 17.7 Å². The number of anilines is 1. The third kappa shape index (κ3) is 4.45. The van der Waals surface area contributed by atoms with Gasteiger partial charge in [-0.15, -0.1) is 0 Å². The van der Waals surface area contributed by atoms with Crippen LogP contribution in [0.1, 0.15) is 35.7 Å². The fraction of sp³-hybridized carbons (Fsp3) is 0.222. The maximum Gasteiger partial charge on any atom is 0.251 e. The summed E-state index contributed by atoms with van der Waals surface area (Å²) in [6, 6.07) is 16.9. The molecule has 2 aromatic rings. The molecule has 0 heterocycles. The minimum Gasteiger partial charge on any atom is -0.351 e. The molecule has 4 nitrogen and oxygen atoms in total. The highest BCUT2D eigenvalue weighted by Crippen LogP contribution is 2.14. The molecule has 0 radical (unpaired) electrons. The van der Waals surface area contributed by atoms with E-state index in [2.05, 4.69) is 29.7 Å². The zero-order valence-corrected chi connectivity index (χ0v) is 12.8. The molecule has 0 unspecified atom stereocenters. The maximum absolute atomic E-state index is 12.1. The Morgan fingerprint density at radius 1 is 1.00 bits per heavy atom. The van der Waals surface area contributed by atoms with Gasteiger partial charge in [0.1, 0.15) is 0 Å². The molecular weight excluding hydrogens is 276 g/mol. The molecule has 2 rings (SSSR count). The Balaban J connectivity index is 1.90. The second kappa shape index (κ2) is 7.41. The first-order valence-electron chi connectivity index (χ1n) is 7.27. The summed E-state index contributed by atoms with van der Waals surface area (Å²) in [7, 11) is 0. The molecule has 1 atom stereocenters. The van der Waals surface area contributed by atoms with Crippen LogP contribution in [-0.4, -0.2) is 18.4 Å². The van der Waals surface area contributed by atoms with Crippen LogP contribution in [0.5, 0.6) is 0 Å². The number of carbonyl (C=O) groups excluding carboxylic acids is 2. The molecule has 0 aliphatic heterocycles. The zero-order chi connectivity index (χ0) is 15.9. The van der Waals surface area contributed by atoms with Gasteiger partial charge in [0.25, 0.3) is 5.91 Å². The van der Waals surface area contributed by atoms with E-state index in [9.17, 15) is 9.59 Å². The van der Waals surface area contributed by atoms with Crippen molar-refractivity contribution < 1.29 is 9.59 Å². The largest absolute Gasteiger partial charge is 0.351 e. The Morgan fingerprint density at radius 2 is 1.64 bits per heavy atom. The standard InChI is InChI=1S/C18H20N2O2/c1-13(15-6-4-3-5-7-15)12-19-18(22)16-8-10-17(11-9-16)20-14(2)21/h3-11,13H,12H2,1-2H3,(H,19,22)(H,20,21)/t13-/m1/s1. The number of hydrogen-bond donors (Lipinski definition) is 2. The number of carbonyl (C=O) groups is 2. The molecule has 4 heteroatoms. The van der Waals surface area contributed by atoms with Gasteiger partial charge in [-0.05, 0) is 35.7 Å². The molecule has 2 N–H and O–H groups in total. The maximum atomic E-state index is 12.1. The van der Waals surface area contributed by atoms with Gasteiger partial charge in [-0.3, -0.25) is 9.59 Å². The third-order valence-electron chi connectivity index (χ3n) is 3.40. The van der Waals surface area contributed by atoms with Gasteiger partial charge in [0, 0.05) is 24.7 Å². The van der Waals surface area contributed by atoms with Crippen LogP contribution >= 0.6 is 0 Å². The third-order valence-corrected chi connectivity index (χ3v) is 3.40. The number of nitrogens with one attached hydrogen (secondary N) is 2. The first kappa shape index (κ1) is 15.8. The quantitative estimate of drug-likeness (QED) is 0.890. The average molecular weight is 296 g/mol. The first-order valence-corrected chi connectivity index (χ1v) is 7.27. The van der Waals surface area contributed by atoms with Crippen LogP contribution in [0.2, 0.25) is 0 Å². The van der Waals surface area contributed by atoms with Crippen molar-refractivity contribution in [1.82, 2.24) is 5.32 Å². The lowest BCUT2D eigenvalue weighted by molar-refractivity contribution is -0.114. The highest BCUT2D eigenvalue weighted by molar-refractivity contribution is 5.95. The Morgan fingerprint density at radius 3 is 2.23 bits per heavy atom. The van der Waals surface area contributed by atoms with Crippen LogP contribution in [0.4, 0.5) is 5.69 Å². The van der Waals surface area contributed by atoms with E-state index in [1.807, 2.05) is 18.2 Å². The Kier molecular flexibility index (Phi) is 5.31. The number of rotatable bonds is 5. The number of amides is 2. The highest BCUT2D eigenvalue weighted by atomic mass is 16.2. The second-order valence-electron chi connectivity index (χ2n) is 5.28. The smallest absolute Gasteiger partial charge is 0.251 e. The van der Waals surface area contributed by atoms with Crippen LogP contribution in [0.15, 0.2) is 54.6 Å². The van der Waals surface area contributed by atoms with Gasteiger partial charge in [-0.2, -0.15) is 0 Å². The molecule has 0 fully saturated rings. The number of hydrogen-bond acceptors (Lipinski definition) is 2. The summed E-state index contributed by atoms with van der Waals surface area (Å²) in [5.74, 6) is 0.00912. The SMILES string of the molecule is CC(=O)Nc1ccc(C(=O)NC[C@@H](C)c2ccccc2)cc1. The Bertz CT molecular complexity index is 636. The lowest BCUT2D eigenvalue weighted by atomic mass is 10.0. The molecule has 114 valence electrons. The molecule has 0 aliphatic carbocycles. The molecule has 2 aromatic carbocycles. The minimum absolute atomic E-state index is 0.114. The van der Waals surface area contributed by atoms with Gasteiger partial charge in [-0.1, -0.05) is 37.3 Å². The summed E-state index contributed by atoms with van der Waals surface area (Å²) in [5, 5.41) is 5.60. The van der Waals surface area contributed by atoms with Crippen molar-refractivity contribution in [2.24, 2.45) is 0 Å². The summed E-state index contributed by atoms with van der Waals surface area (Å²) in [4.78, 5) is 23.1. The fourth-order valence-electron chi connectivity index (χ4n) is 2.16. The van der Waals surface area contributed by atoms with Crippen molar-refractivity contribution >= 4 is 17.5 Å². The van der Waals surface area contributed by atoms with Crippen LogP contribution in [0.25, 0.3) is 0 Å². The molecule has 22 heavy (non-hydrogen) atoms. The predicted molar refractivity (Wildman–Crippen MR) is 87.9 cm³/mol. The van der Waals surface area contributed by atoms with E-state index >= 15 is 0 Å². The molecule has 0 aromatic heterocycles. The predicted octanol–water partition coefficient (Wildman–Crippen LogP) is 3.18. The van der Waals surface area contributed by atoms with Gasteiger partial charge in [-0.25, -0.2) is 0 Å². The van der Waals surface area contributed by atoms with Gasteiger partial charge in [0.2, 0.25) is 5.91 Å². The molecular formula is C18H20N2O2. The van der Waals surface area contributed by atoms with Crippen molar-refractivity contribution in [3.63, 3.8) is 0 Å². The van der Waals surface area contributed by atoms with E-state index in [0.717, 1.165) is 0 Å². The molecule has 0 spiro atoms. The van der Waals surface area contributed by atoms with E-state index < -0.39 is 0 Å². The van der Waals surface area contributed by atoms with Crippen molar-refractivity contribution in [3.8, 4) is 0 Å². The van der Waals surface area contributed by atoms with Crippen LogP contribution in [0, 0.1) is 0 Å². The molecule has 0 saturated carbocycles. The Labute approximate surface area is 130 Å². The summed E-state index contributed by atoms with van der Waals surface area (Å²) in [5.41, 5.74) is 2.46. The summed E-state index contributed by atoms with van der Waals surface area (Å²) in [6.07, 6.45) is 0. The normalized spacial score (nSPS) is 11.5. The average Bonchev–Trinajstić information content (AvgIpc) is 2.53. The topological polar surface area (TPSA) is 58.2 Å². The molecule has 0 bridgehead atoms. The van der Waals surface area contributed by atoms with Crippen LogP contribution in [0.3, 0.4) is 0 Å².